The molecular formula is C32H33N7S. The Morgan fingerprint density at radius 2 is 2.02 bits per heavy atom. The van der Waals surface area contributed by atoms with Gasteiger partial charge in [0.2, 0.25) is 0 Å². The van der Waals surface area contributed by atoms with Crippen LogP contribution in [0.5, 0.6) is 0 Å². The summed E-state index contributed by atoms with van der Waals surface area (Å²) in [5.41, 5.74) is 12.8. The van der Waals surface area contributed by atoms with Gasteiger partial charge in [-0.3, -0.25) is 4.98 Å². The van der Waals surface area contributed by atoms with E-state index in [1.807, 2.05) is 18.5 Å². The Kier molecular flexibility index (Phi) is 6.79. The highest BCUT2D eigenvalue weighted by Gasteiger charge is 2.25. The van der Waals surface area contributed by atoms with Gasteiger partial charge in [0, 0.05) is 40.5 Å². The molecule has 3 aliphatic rings. The zero-order chi connectivity index (χ0) is 26.9. The largest absolute Gasteiger partial charge is 0.345 e. The molecule has 0 spiro atoms. The number of rotatable bonds is 7. The van der Waals surface area contributed by atoms with E-state index in [-0.39, 0.29) is 0 Å². The molecule has 2 aliphatic heterocycles. The maximum atomic E-state index is 4.93. The van der Waals surface area contributed by atoms with Crippen LogP contribution in [0.15, 0.2) is 71.4 Å². The standard InChI is InChI=1S/C32H33N7S/c1-20-12-22(17-33-16-21-6-2-3-7-21)14-23(13-20)24-15-26-27(35-18-24)19-36-39-30(26)32-37-29-25(28-9-5-11-40-28)8-4-10-34-31(29)38-32/h4-5,8-15,18,21,33-34,36H,2-3,6-7,16-17,19H2,1H3,(H,37,38). The molecule has 5 heterocycles. The van der Waals surface area contributed by atoms with Crippen LogP contribution in [0.3, 0.4) is 0 Å². The van der Waals surface area contributed by atoms with Crippen molar-refractivity contribution >= 4 is 28.4 Å². The Morgan fingerprint density at radius 1 is 1.10 bits per heavy atom. The van der Waals surface area contributed by atoms with Crippen LogP contribution >= 0.6 is 11.3 Å². The van der Waals surface area contributed by atoms with E-state index in [1.54, 1.807) is 11.3 Å². The lowest BCUT2D eigenvalue weighted by Gasteiger charge is -2.17. The summed E-state index contributed by atoms with van der Waals surface area (Å²) in [5.74, 6) is 2.33. The van der Waals surface area contributed by atoms with Crippen LogP contribution in [-0.2, 0) is 13.1 Å². The molecule has 1 aromatic carbocycles. The third-order valence-corrected chi connectivity index (χ3v) is 8.84. The Hall–Kier alpha value is -4.01. The van der Waals surface area contributed by atoms with Crippen LogP contribution in [0.2, 0.25) is 0 Å². The van der Waals surface area contributed by atoms with Gasteiger partial charge >= 0.3 is 0 Å². The van der Waals surface area contributed by atoms with Gasteiger partial charge in [-0.05, 0) is 79.1 Å². The van der Waals surface area contributed by atoms with Gasteiger partial charge in [-0.15, -0.1) is 11.3 Å². The van der Waals surface area contributed by atoms with Gasteiger partial charge in [0.1, 0.15) is 5.71 Å². The first-order chi connectivity index (χ1) is 19.7. The predicted octanol–water partition coefficient (Wildman–Crippen LogP) is 6.35. The number of aromatic amines is 1. The summed E-state index contributed by atoms with van der Waals surface area (Å²) in [4.78, 5) is 14.5. The number of benzene rings is 1. The summed E-state index contributed by atoms with van der Waals surface area (Å²) < 4.78 is 0. The number of aromatic nitrogens is 3. The fraction of sp³-hybridized carbons (Fsp3) is 0.281. The Balaban J connectivity index is 1.19. The summed E-state index contributed by atoms with van der Waals surface area (Å²) in [6.07, 6.45) is 13.5. The van der Waals surface area contributed by atoms with Crippen molar-refractivity contribution in [2.75, 3.05) is 11.9 Å². The van der Waals surface area contributed by atoms with Crippen molar-refractivity contribution in [2.24, 2.45) is 11.0 Å². The highest BCUT2D eigenvalue weighted by molar-refractivity contribution is 7.11. The molecule has 40 heavy (non-hydrogen) atoms. The van der Waals surface area contributed by atoms with E-state index in [9.17, 15) is 0 Å². The third kappa shape index (κ3) is 5.00. The van der Waals surface area contributed by atoms with Crippen molar-refractivity contribution in [3.8, 4) is 11.1 Å². The molecule has 0 radical (unpaired) electrons. The lowest BCUT2D eigenvalue weighted by Crippen LogP contribution is -2.23. The average molecular weight is 548 g/mol. The maximum absolute atomic E-state index is 4.93. The number of fused-ring (bicyclic) bond motifs is 2. The SMILES string of the molecule is Cc1cc(CNCC2CCCC2)cc(-c2cnc3c(c2)C(c2nc4c([nH]2)C(c2cccs2)=CC=CN4)=NNC3)c1. The number of anilines is 1. The van der Waals surface area contributed by atoms with Crippen LogP contribution in [0.25, 0.3) is 16.7 Å². The van der Waals surface area contributed by atoms with E-state index < -0.39 is 0 Å². The minimum absolute atomic E-state index is 0.588. The van der Waals surface area contributed by atoms with Crippen molar-refractivity contribution in [2.45, 2.75) is 45.7 Å². The number of hydrogen-bond donors (Lipinski definition) is 4. The molecule has 3 aromatic heterocycles. The van der Waals surface area contributed by atoms with Crippen molar-refractivity contribution < 1.29 is 0 Å². The average Bonchev–Trinajstić information content (AvgIpc) is 3.74. The number of hydrogen-bond acceptors (Lipinski definition) is 7. The normalized spacial score (nSPS) is 16.4. The first-order valence-electron chi connectivity index (χ1n) is 14.1. The number of aryl methyl sites for hydroxylation is 1. The van der Waals surface area contributed by atoms with Crippen LogP contribution in [0.4, 0.5) is 5.82 Å². The summed E-state index contributed by atoms with van der Waals surface area (Å²) >= 11 is 1.71. The van der Waals surface area contributed by atoms with Gasteiger partial charge in [-0.2, -0.15) is 5.10 Å². The summed E-state index contributed by atoms with van der Waals surface area (Å²) in [6.45, 7) is 4.76. The fourth-order valence-corrected chi connectivity index (χ4v) is 6.73. The van der Waals surface area contributed by atoms with E-state index >= 15 is 0 Å². The minimum atomic E-state index is 0.588. The number of nitrogens with one attached hydrogen (secondary N) is 4. The zero-order valence-corrected chi connectivity index (χ0v) is 23.4. The van der Waals surface area contributed by atoms with Gasteiger partial charge < -0.3 is 21.0 Å². The van der Waals surface area contributed by atoms with Crippen molar-refractivity contribution in [1.29, 1.82) is 0 Å². The molecule has 1 saturated carbocycles. The quantitative estimate of drug-likeness (QED) is 0.217. The van der Waals surface area contributed by atoms with Gasteiger partial charge in [-0.25, -0.2) is 4.98 Å². The smallest absolute Gasteiger partial charge is 0.161 e. The highest BCUT2D eigenvalue weighted by Crippen LogP contribution is 2.33. The Morgan fingerprint density at radius 3 is 2.90 bits per heavy atom. The molecule has 7 rings (SSSR count). The van der Waals surface area contributed by atoms with Crippen molar-refractivity contribution in [3.05, 3.63) is 105 Å². The highest BCUT2D eigenvalue weighted by atomic mass is 32.1. The van der Waals surface area contributed by atoms with Crippen LogP contribution < -0.4 is 16.1 Å². The monoisotopic (exact) mass is 547 g/mol. The summed E-state index contributed by atoms with van der Waals surface area (Å²) in [5, 5.41) is 13.8. The third-order valence-electron chi connectivity index (χ3n) is 7.93. The lowest BCUT2D eigenvalue weighted by molar-refractivity contribution is 0.489. The number of pyridine rings is 1. The van der Waals surface area contributed by atoms with Crippen LogP contribution in [-0.4, -0.2) is 27.2 Å². The van der Waals surface area contributed by atoms with Gasteiger partial charge in [0.05, 0.1) is 17.9 Å². The van der Waals surface area contributed by atoms with E-state index in [1.165, 1.54) is 47.3 Å². The number of imidazole rings is 1. The van der Waals surface area contributed by atoms with Crippen molar-refractivity contribution in [3.63, 3.8) is 0 Å². The van der Waals surface area contributed by atoms with E-state index in [4.69, 9.17) is 15.1 Å². The second-order valence-electron chi connectivity index (χ2n) is 10.9. The first-order valence-corrected chi connectivity index (χ1v) is 15.0. The van der Waals surface area contributed by atoms with Gasteiger partial charge in [0.15, 0.2) is 11.6 Å². The molecule has 0 unspecified atom stereocenters. The van der Waals surface area contributed by atoms with Crippen LogP contribution in [0.1, 0.15) is 64.5 Å². The molecule has 4 N–H and O–H groups in total. The topological polar surface area (TPSA) is 90.0 Å². The first kappa shape index (κ1) is 25.0. The van der Waals surface area contributed by atoms with Gasteiger partial charge in [0.25, 0.3) is 0 Å². The summed E-state index contributed by atoms with van der Waals surface area (Å²) in [6, 6.07) is 13.2. The number of allylic oxidation sites excluding steroid dienone is 2. The minimum Gasteiger partial charge on any atom is -0.345 e. The molecule has 0 atom stereocenters. The second kappa shape index (κ2) is 10.9. The number of thiophene rings is 1. The Bertz CT molecular complexity index is 1620. The Labute approximate surface area is 238 Å². The molecule has 0 saturated heterocycles. The van der Waals surface area contributed by atoms with E-state index in [2.05, 4.69) is 75.8 Å². The number of H-pyrrole nitrogens is 1. The number of hydrazone groups is 1. The fourth-order valence-electron chi connectivity index (χ4n) is 5.97. The molecule has 202 valence electrons. The van der Waals surface area contributed by atoms with Crippen molar-refractivity contribution in [1.82, 2.24) is 25.7 Å². The van der Waals surface area contributed by atoms with E-state index in [0.29, 0.717) is 12.4 Å². The molecule has 0 amide bonds. The molecular weight excluding hydrogens is 514 g/mol. The zero-order valence-electron chi connectivity index (χ0n) is 22.6. The lowest BCUT2D eigenvalue weighted by atomic mass is 9.97. The molecule has 7 nitrogen and oxygen atoms in total. The molecule has 4 aromatic rings. The van der Waals surface area contributed by atoms with Crippen LogP contribution in [0, 0.1) is 12.8 Å². The number of nitrogens with zero attached hydrogens (tertiary/aromatic N) is 3. The molecule has 1 aliphatic carbocycles. The maximum Gasteiger partial charge on any atom is 0.161 e. The van der Waals surface area contributed by atoms with E-state index in [0.717, 1.165) is 58.6 Å². The molecule has 1 fully saturated rings. The predicted molar refractivity (Wildman–Crippen MR) is 163 cm³/mol. The molecule has 0 bridgehead atoms. The van der Waals surface area contributed by atoms with Gasteiger partial charge in [-0.1, -0.05) is 36.6 Å². The molecule has 8 heteroatoms. The summed E-state index contributed by atoms with van der Waals surface area (Å²) in [7, 11) is 0. The second-order valence-corrected chi connectivity index (χ2v) is 11.8.